The highest BCUT2D eigenvalue weighted by Gasteiger charge is 2.52. The van der Waals surface area contributed by atoms with Gasteiger partial charge in [0.05, 0.1) is 12.2 Å². The summed E-state index contributed by atoms with van der Waals surface area (Å²) in [6.07, 6.45) is 6.37. The van der Waals surface area contributed by atoms with Gasteiger partial charge < -0.3 is 15.3 Å². The molecule has 0 saturated heterocycles. The highest BCUT2D eigenvalue weighted by Crippen LogP contribution is 2.61. The summed E-state index contributed by atoms with van der Waals surface area (Å²) in [4.78, 5) is 0. The Morgan fingerprint density at radius 1 is 1.30 bits per heavy atom. The maximum absolute atomic E-state index is 10.4. The van der Waals surface area contributed by atoms with Gasteiger partial charge in [0.1, 0.15) is 6.10 Å². The Morgan fingerprint density at radius 3 is 2.57 bits per heavy atom. The second-order valence-electron chi connectivity index (χ2n) is 9.24. The third-order valence-electron chi connectivity index (χ3n) is 7.15. The van der Waals surface area contributed by atoms with Crippen LogP contribution in [-0.4, -0.2) is 33.6 Å². The zero-order valence-corrected chi connectivity index (χ0v) is 15.4. The molecular weight excluding hydrogens is 288 g/mol. The molecular formula is C20H36O3. The summed E-state index contributed by atoms with van der Waals surface area (Å²) in [7, 11) is 0. The Labute approximate surface area is 141 Å². The predicted octanol–water partition coefficient (Wildman–Crippen LogP) is 3.67. The van der Waals surface area contributed by atoms with Gasteiger partial charge in [0.2, 0.25) is 0 Å². The molecule has 0 aliphatic heterocycles. The van der Waals surface area contributed by atoms with E-state index in [2.05, 4.69) is 27.4 Å². The molecule has 3 N–H and O–H groups in total. The first kappa shape index (κ1) is 19.0. The van der Waals surface area contributed by atoms with Gasteiger partial charge in [-0.1, -0.05) is 39.3 Å². The monoisotopic (exact) mass is 324 g/mol. The summed E-state index contributed by atoms with van der Waals surface area (Å²) in [5.41, 5.74) is 0.703. The fraction of sp³-hybridized carbons (Fsp3) is 0.900. The second-order valence-corrected chi connectivity index (χ2v) is 9.24. The molecule has 3 heteroatoms. The van der Waals surface area contributed by atoms with E-state index in [1.165, 1.54) is 31.3 Å². The lowest BCUT2D eigenvalue weighted by Gasteiger charge is -2.58. The van der Waals surface area contributed by atoms with E-state index in [9.17, 15) is 10.2 Å². The molecule has 2 aliphatic rings. The van der Waals surface area contributed by atoms with Crippen molar-refractivity contribution in [3.05, 3.63) is 12.2 Å². The number of aliphatic hydroxyl groups excluding tert-OH is 2. The molecule has 2 fully saturated rings. The maximum Gasteiger partial charge on any atom is 0.105 e. The molecule has 0 heterocycles. The summed E-state index contributed by atoms with van der Waals surface area (Å²) < 4.78 is 0. The Hall–Kier alpha value is -0.380. The van der Waals surface area contributed by atoms with Gasteiger partial charge in [-0.15, -0.1) is 0 Å². The lowest BCUT2D eigenvalue weighted by Crippen LogP contribution is -2.50. The van der Waals surface area contributed by atoms with E-state index < -0.39 is 18.3 Å². The minimum absolute atomic E-state index is 0.247. The highest BCUT2D eigenvalue weighted by atomic mass is 16.4. The standard InChI is InChI=1S/C20H36O3/c1-14-7-8-16-18(2,3)10-6-11-19(16,4)15(14)9-12-20(5,23)17(22)13-21/h15-17,21-23H,1,6-13H2,2-5H3/t15-,16-,17+,19+,20+/m0/s1. The molecule has 23 heavy (non-hydrogen) atoms. The molecule has 134 valence electrons. The molecule has 0 amide bonds. The summed E-state index contributed by atoms with van der Waals surface area (Å²) in [6.45, 7) is 12.8. The van der Waals surface area contributed by atoms with Gasteiger partial charge in [-0.2, -0.15) is 0 Å². The summed E-state index contributed by atoms with van der Waals surface area (Å²) in [5.74, 6) is 1.10. The summed E-state index contributed by atoms with van der Waals surface area (Å²) >= 11 is 0. The van der Waals surface area contributed by atoms with Gasteiger partial charge in [-0.3, -0.25) is 0 Å². The van der Waals surface area contributed by atoms with E-state index in [1.54, 1.807) is 6.92 Å². The lowest BCUT2D eigenvalue weighted by molar-refractivity contribution is -0.0997. The number of hydrogen-bond acceptors (Lipinski definition) is 3. The number of aliphatic hydroxyl groups is 3. The SMILES string of the molecule is C=C1CC[C@H]2C(C)(C)CCC[C@]2(C)[C@H]1CC[C@@](C)(O)[C@H](O)CO. The van der Waals surface area contributed by atoms with Gasteiger partial charge in [0, 0.05) is 0 Å². The van der Waals surface area contributed by atoms with Crippen LogP contribution in [0.2, 0.25) is 0 Å². The van der Waals surface area contributed by atoms with E-state index in [1.807, 2.05) is 0 Å². The quantitative estimate of drug-likeness (QED) is 0.676. The van der Waals surface area contributed by atoms with E-state index in [0.29, 0.717) is 23.7 Å². The van der Waals surface area contributed by atoms with Gasteiger partial charge in [0.25, 0.3) is 0 Å². The Bertz CT molecular complexity index is 440. The summed E-state index contributed by atoms with van der Waals surface area (Å²) in [5, 5.41) is 29.4. The number of rotatable bonds is 5. The molecule has 0 radical (unpaired) electrons. The average Bonchev–Trinajstić information content (AvgIpc) is 2.44. The lowest BCUT2D eigenvalue weighted by atomic mass is 9.47. The smallest absolute Gasteiger partial charge is 0.105 e. The van der Waals surface area contributed by atoms with Crippen LogP contribution in [-0.2, 0) is 0 Å². The predicted molar refractivity (Wildman–Crippen MR) is 94.0 cm³/mol. The maximum atomic E-state index is 10.4. The normalized spacial score (nSPS) is 37.8. The average molecular weight is 325 g/mol. The molecule has 0 aromatic rings. The van der Waals surface area contributed by atoms with Crippen LogP contribution in [0.25, 0.3) is 0 Å². The van der Waals surface area contributed by atoms with Crippen LogP contribution in [0.1, 0.15) is 72.6 Å². The molecule has 0 unspecified atom stereocenters. The van der Waals surface area contributed by atoms with Crippen molar-refractivity contribution >= 4 is 0 Å². The first-order valence-electron chi connectivity index (χ1n) is 9.23. The number of fused-ring (bicyclic) bond motifs is 1. The molecule has 0 aromatic heterocycles. The molecule has 0 aromatic carbocycles. The minimum Gasteiger partial charge on any atom is -0.394 e. The van der Waals surface area contributed by atoms with Crippen molar-refractivity contribution in [2.24, 2.45) is 22.7 Å². The van der Waals surface area contributed by atoms with Gasteiger partial charge in [-0.05, 0) is 68.1 Å². The van der Waals surface area contributed by atoms with Gasteiger partial charge in [0.15, 0.2) is 0 Å². The third-order valence-corrected chi connectivity index (χ3v) is 7.15. The van der Waals surface area contributed by atoms with Crippen molar-refractivity contribution in [1.82, 2.24) is 0 Å². The largest absolute Gasteiger partial charge is 0.394 e. The van der Waals surface area contributed by atoms with Crippen LogP contribution in [0.3, 0.4) is 0 Å². The van der Waals surface area contributed by atoms with Crippen LogP contribution in [0.5, 0.6) is 0 Å². The van der Waals surface area contributed by atoms with Crippen molar-refractivity contribution in [2.75, 3.05) is 6.61 Å². The molecule has 2 saturated carbocycles. The summed E-state index contributed by atoms with van der Waals surface area (Å²) in [6, 6.07) is 0. The molecule has 3 nitrogen and oxygen atoms in total. The van der Waals surface area contributed by atoms with Gasteiger partial charge in [-0.25, -0.2) is 0 Å². The first-order chi connectivity index (χ1) is 10.5. The van der Waals surface area contributed by atoms with E-state index >= 15 is 0 Å². The molecule has 0 bridgehead atoms. The number of hydrogen-bond donors (Lipinski definition) is 3. The van der Waals surface area contributed by atoms with Crippen molar-refractivity contribution in [3.8, 4) is 0 Å². The van der Waals surface area contributed by atoms with E-state index in [-0.39, 0.29) is 5.41 Å². The van der Waals surface area contributed by atoms with Crippen LogP contribution in [0.4, 0.5) is 0 Å². The number of allylic oxidation sites excluding steroid dienone is 1. The Balaban J connectivity index is 2.17. The van der Waals surface area contributed by atoms with Crippen LogP contribution in [0.15, 0.2) is 12.2 Å². The molecule has 5 atom stereocenters. The van der Waals surface area contributed by atoms with Crippen LogP contribution >= 0.6 is 0 Å². The Kier molecular flexibility index (Phi) is 5.35. The third kappa shape index (κ3) is 3.52. The fourth-order valence-corrected chi connectivity index (χ4v) is 5.61. The minimum atomic E-state index is -1.23. The van der Waals surface area contributed by atoms with Crippen molar-refractivity contribution < 1.29 is 15.3 Å². The van der Waals surface area contributed by atoms with E-state index in [4.69, 9.17) is 5.11 Å². The molecule has 0 spiro atoms. The topological polar surface area (TPSA) is 60.7 Å². The second kappa shape index (κ2) is 6.50. The zero-order valence-electron chi connectivity index (χ0n) is 15.4. The Morgan fingerprint density at radius 2 is 1.96 bits per heavy atom. The highest BCUT2D eigenvalue weighted by molar-refractivity contribution is 5.16. The fourth-order valence-electron chi connectivity index (χ4n) is 5.61. The zero-order chi connectivity index (χ0) is 17.5. The van der Waals surface area contributed by atoms with Crippen molar-refractivity contribution in [2.45, 2.75) is 84.3 Å². The van der Waals surface area contributed by atoms with Crippen LogP contribution in [0, 0.1) is 22.7 Å². The van der Waals surface area contributed by atoms with Gasteiger partial charge >= 0.3 is 0 Å². The molecule has 2 rings (SSSR count). The van der Waals surface area contributed by atoms with Crippen LogP contribution < -0.4 is 0 Å². The van der Waals surface area contributed by atoms with E-state index in [0.717, 1.165) is 12.8 Å². The van der Waals surface area contributed by atoms with Crippen molar-refractivity contribution in [3.63, 3.8) is 0 Å². The first-order valence-corrected chi connectivity index (χ1v) is 9.23. The molecule has 2 aliphatic carbocycles. The van der Waals surface area contributed by atoms with Crippen molar-refractivity contribution in [1.29, 1.82) is 0 Å².